The number of benzene rings is 2. The monoisotopic (exact) mass is 543 g/mol. The van der Waals surface area contributed by atoms with E-state index in [0.29, 0.717) is 28.4 Å². The molecule has 2 aromatic carbocycles. The van der Waals surface area contributed by atoms with E-state index in [1.54, 1.807) is 19.2 Å². The molecule has 2 aliphatic rings. The summed E-state index contributed by atoms with van der Waals surface area (Å²) in [6, 6.07) is 11.2. The van der Waals surface area contributed by atoms with E-state index in [1.165, 1.54) is 7.11 Å². The minimum Gasteiger partial charge on any atom is -0.496 e. The van der Waals surface area contributed by atoms with E-state index in [-0.39, 0.29) is 17.9 Å². The van der Waals surface area contributed by atoms with Crippen molar-refractivity contribution in [3.63, 3.8) is 0 Å². The number of likely N-dealkylation sites (tertiary alicyclic amines) is 1. The minimum atomic E-state index is -0.210. The predicted molar refractivity (Wildman–Crippen MR) is 150 cm³/mol. The van der Waals surface area contributed by atoms with Crippen LogP contribution in [0.4, 0.5) is 11.4 Å². The Morgan fingerprint density at radius 2 is 1.68 bits per heavy atom. The molecule has 0 aromatic heterocycles. The predicted octanol–water partition coefficient (Wildman–Crippen LogP) is 3.26. The van der Waals surface area contributed by atoms with Crippen LogP contribution in [-0.2, 0) is 4.79 Å². The average Bonchev–Trinajstić information content (AvgIpc) is 2.95. The number of nitrogens with one attached hydrogen (secondary N) is 1. The first kappa shape index (κ1) is 27.9. The molecule has 2 fully saturated rings. The molecular weight excluding hydrogens is 506 g/mol. The Morgan fingerprint density at radius 1 is 1.00 bits per heavy atom. The van der Waals surface area contributed by atoms with Crippen molar-refractivity contribution in [3.8, 4) is 11.5 Å². The highest BCUT2D eigenvalue weighted by Gasteiger charge is 2.25. The molecule has 206 valence electrons. The maximum absolute atomic E-state index is 12.8. The molecular formula is C28H38ClN5O4. The molecule has 0 spiro atoms. The molecule has 3 N–H and O–H groups in total. The van der Waals surface area contributed by atoms with Gasteiger partial charge in [0.25, 0.3) is 5.91 Å². The molecule has 2 aliphatic heterocycles. The Kier molecular flexibility index (Phi) is 9.58. The second-order valence-corrected chi connectivity index (χ2v) is 10.2. The van der Waals surface area contributed by atoms with Gasteiger partial charge in [0.1, 0.15) is 11.5 Å². The fourth-order valence-electron chi connectivity index (χ4n) is 5.18. The van der Waals surface area contributed by atoms with Gasteiger partial charge in [0.15, 0.2) is 0 Å². The van der Waals surface area contributed by atoms with E-state index in [9.17, 15) is 9.59 Å². The van der Waals surface area contributed by atoms with Crippen molar-refractivity contribution in [2.75, 3.05) is 70.7 Å². The number of hydrogen-bond donors (Lipinski definition) is 2. The molecule has 0 bridgehead atoms. The van der Waals surface area contributed by atoms with Gasteiger partial charge in [-0.15, -0.1) is 0 Å². The van der Waals surface area contributed by atoms with Crippen LogP contribution in [0, 0.1) is 0 Å². The number of hydrogen-bond acceptors (Lipinski definition) is 7. The quantitative estimate of drug-likeness (QED) is 0.468. The number of rotatable bonds is 9. The summed E-state index contributed by atoms with van der Waals surface area (Å²) in [5.74, 6) is 1.29. The molecule has 0 saturated carbocycles. The summed E-state index contributed by atoms with van der Waals surface area (Å²) in [5, 5.41) is 3.43. The summed E-state index contributed by atoms with van der Waals surface area (Å²) in [6.07, 6.45) is 3.11. The van der Waals surface area contributed by atoms with Gasteiger partial charge in [-0.25, -0.2) is 0 Å². The van der Waals surface area contributed by atoms with E-state index in [0.717, 1.165) is 76.5 Å². The fourth-order valence-corrected chi connectivity index (χ4v) is 5.34. The van der Waals surface area contributed by atoms with Gasteiger partial charge in [-0.2, -0.15) is 0 Å². The molecule has 0 atom stereocenters. The number of nitrogens with two attached hydrogens (primary N) is 1. The van der Waals surface area contributed by atoms with Crippen molar-refractivity contribution in [2.24, 2.45) is 0 Å². The summed E-state index contributed by atoms with van der Waals surface area (Å²) in [6.45, 7) is 5.72. The largest absolute Gasteiger partial charge is 0.496 e. The molecule has 0 aliphatic carbocycles. The minimum absolute atomic E-state index is 0.0842. The third-order valence-corrected chi connectivity index (χ3v) is 7.74. The van der Waals surface area contributed by atoms with Crippen molar-refractivity contribution in [1.82, 2.24) is 15.1 Å². The second-order valence-electron chi connectivity index (χ2n) is 9.81. The van der Waals surface area contributed by atoms with E-state index < -0.39 is 0 Å². The van der Waals surface area contributed by atoms with Crippen LogP contribution in [0.2, 0.25) is 5.02 Å². The van der Waals surface area contributed by atoms with Gasteiger partial charge in [0.05, 0.1) is 36.2 Å². The van der Waals surface area contributed by atoms with Crippen LogP contribution < -0.4 is 25.4 Å². The number of methoxy groups -OCH3 is 2. The van der Waals surface area contributed by atoms with Crippen molar-refractivity contribution < 1.29 is 19.1 Å². The zero-order chi connectivity index (χ0) is 27.1. The summed E-state index contributed by atoms with van der Waals surface area (Å²) >= 11 is 6.11. The number of piperazine rings is 1. The van der Waals surface area contributed by atoms with Crippen LogP contribution in [0.5, 0.6) is 11.5 Å². The highest BCUT2D eigenvalue weighted by atomic mass is 35.5. The molecule has 0 unspecified atom stereocenters. The number of halogens is 1. The zero-order valence-corrected chi connectivity index (χ0v) is 23.0. The third-order valence-electron chi connectivity index (χ3n) is 7.41. The fraction of sp³-hybridized carbons (Fsp3) is 0.500. The number of nitrogen functional groups attached to an aromatic ring is 1. The summed E-state index contributed by atoms with van der Waals surface area (Å²) < 4.78 is 10.8. The molecule has 0 radical (unpaired) electrons. The van der Waals surface area contributed by atoms with Crippen molar-refractivity contribution in [3.05, 3.63) is 47.0 Å². The van der Waals surface area contributed by atoms with Crippen molar-refractivity contribution in [1.29, 1.82) is 0 Å². The van der Waals surface area contributed by atoms with Gasteiger partial charge in [0.2, 0.25) is 5.91 Å². The summed E-state index contributed by atoms with van der Waals surface area (Å²) in [5.41, 5.74) is 7.67. The Morgan fingerprint density at radius 3 is 2.37 bits per heavy atom. The van der Waals surface area contributed by atoms with E-state index in [2.05, 4.69) is 21.2 Å². The van der Waals surface area contributed by atoms with Crippen molar-refractivity contribution >= 4 is 34.8 Å². The molecule has 2 aromatic rings. The number of anilines is 2. The number of nitrogens with zero attached hydrogens (tertiary/aromatic N) is 3. The Hall–Kier alpha value is -3.17. The molecule has 38 heavy (non-hydrogen) atoms. The van der Waals surface area contributed by atoms with E-state index >= 15 is 0 Å². The van der Waals surface area contributed by atoms with E-state index in [1.807, 2.05) is 23.1 Å². The SMILES string of the molecule is COc1cc(N)c(Cl)cc1C(=O)NC1CCN(CCCC(=O)N2CCN(c3ccccc3OC)CC2)CC1. The van der Waals surface area contributed by atoms with Gasteiger partial charge >= 0.3 is 0 Å². The number of ether oxygens (including phenoxy) is 2. The lowest BCUT2D eigenvalue weighted by Crippen LogP contribution is -2.49. The normalized spacial score (nSPS) is 16.8. The second kappa shape index (κ2) is 13.1. The summed E-state index contributed by atoms with van der Waals surface area (Å²) in [7, 11) is 3.19. The van der Waals surface area contributed by atoms with E-state index in [4.69, 9.17) is 26.8 Å². The Labute approximate surface area is 229 Å². The molecule has 4 rings (SSSR count). The molecule has 2 heterocycles. The lowest BCUT2D eigenvalue weighted by Gasteiger charge is -2.37. The van der Waals surface area contributed by atoms with Crippen LogP contribution in [0.25, 0.3) is 0 Å². The Bertz CT molecular complexity index is 1110. The number of amides is 2. The van der Waals surface area contributed by atoms with Gasteiger partial charge < -0.3 is 35.2 Å². The first-order chi connectivity index (χ1) is 18.4. The highest BCUT2D eigenvalue weighted by Crippen LogP contribution is 2.30. The van der Waals surface area contributed by atoms with Gasteiger partial charge in [-0.05, 0) is 44.0 Å². The molecule has 2 saturated heterocycles. The van der Waals surface area contributed by atoms with Crippen LogP contribution in [0.3, 0.4) is 0 Å². The zero-order valence-electron chi connectivity index (χ0n) is 22.2. The van der Waals surface area contributed by atoms with Crippen LogP contribution >= 0.6 is 11.6 Å². The number of piperidine rings is 1. The first-order valence-electron chi connectivity index (χ1n) is 13.2. The maximum Gasteiger partial charge on any atom is 0.255 e. The summed E-state index contributed by atoms with van der Waals surface area (Å²) in [4.78, 5) is 32.2. The Balaban J connectivity index is 1.15. The number of para-hydroxylation sites is 2. The lowest BCUT2D eigenvalue weighted by atomic mass is 10.0. The van der Waals surface area contributed by atoms with Gasteiger partial charge in [-0.1, -0.05) is 23.7 Å². The third kappa shape index (κ3) is 6.82. The molecule has 9 nitrogen and oxygen atoms in total. The first-order valence-corrected chi connectivity index (χ1v) is 13.6. The molecule has 10 heteroatoms. The van der Waals surface area contributed by atoms with Crippen LogP contribution in [0.1, 0.15) is 36.0 Å². The highest BCUT2D eigenvalue weighted by molar-refractivity contribution is 6.33. The standard InChI is InChI=1S/C28H38ClN5O4/c1-37-25-7-4-3-6-24(25)33-14-16-34(17-15-33)27(35)8-5-11-32-12-9-20(10-13-32)31-28(36)21-18-22(29)23(30)19-26(21)38-2/h3-4,6-7,18-20H,5,8-17,30H2,1-2H3,(H,31,36). The topological polar surface area (TPSA) is 100 Å². The van der Waals surface area contributed by atoms with Crippen molar-refractivity contribution in [2.45, 2.75) is 31.7 Å². The lowest BCUT2D eigenvalue weighted by molar-refractivity contribution is -0.131. The number of carbonyl (C=O) groups excluding carboxylic acids is 2. The van der Waals surface area contributed by atoms with Crippen LogP contribution in [0.15, 0.2) is 36.4 Å². The van der Waals surface area contributed by atoms with Gasteiger partial charge in [0, 0.05) is 57.8 Å². The smallest absolute Gasteiger partial charge is 0.255 e. The number of carbonyl (C=O) groups is 2. The molecule has 2 amide bonds. The van der Waals surface area contributed by atoms with Crippen LogP contribution in [-0.4, -0.2) is 87.7 Å². The average molecular weight is 544 g/mol. The maximum atomic E-state index is 12.8. The van der Waals surface area contributed by atoms with Gasteiger partial charge in [-0.3, -0.25) is 9.59 Å².